The van der Waals surface area contributed by atoms with Crippen LogP contribution >= 0.6 is 0 Å². The fraction of sp³-hybridized carbons (Fsp3) is 0.308. The van der Waals surface area contributed by atoms with Gasteiger partial charge < -0.3 is 10.4 Å². The average molecular weight is 231 g/mol. The maximum Gasteiger partial charge on any atom is 0.115 e. The molecule has 0 aliphatic rings. The lowest BCUT2D eigenvalue weighted by Gasteiger charge is -2.17. The van der Waals surface area contributed by atoms with E-state index in [1.54, 1.807) is 12.1 Å². The second-order valence-corrected chi connectivity index (χ2v) is 4.04. The molecule has 0 aliphatic heterocycles. The van der Waals surface area contributed by atoms with Gasteiger partial charge in [-0.05, 0) is 24.1 Å². The van der Waals surface area contributed by atoms with Crippen LogP contribution in [0.1, 0.15) is 30.5 Å². The van der Waals surface area contributed by atoms with Crippen molar-refractivity contribution in [3.63, 3.8) is 0 Å². The molecule has 0 aliphatic carbocycles. The molecule has 0 fully saturated rings. The predicted octanol–water partition coefficient (Wildman–Crippen LogP) is 2.36. The van der Waals surface area contributed by atoms with Crippen LogP contribution in [0.15, 0.2) is 36.7 Å². The van der Waals surface area contributed by atoms with Crippen molar-refractivity contribution in [1.82, 2.24) is 15.5 Å². The molecule has 1 aromatic heterocycles. The normalized spacial score (nSPS) is 12.5. The molecule has 0 amide bonds. The van der Waals surface area contributed by atoms with E-state index in [-0.39, 0.29) is 0 Å². The third-order valence-electron chi connectivity index (χ3n) is 2.81. The number of phenols is 1. The van der Waals surface area contributed by atoms with Crippen LogP contribution in [0.25, 0.3) is 0 Å². The molecule has 1 unspecified atom stereocenters. The van der Waals surface area contributed by atoms with E-state index in [1.165, 1.54) is 5.56 Å². The second kappa shape index (κ2) is 5.50. The Balaban J connectivity index is 1.99. The highest BCUT2D eigenvalue weighted by atomic mass is 16.3. The number of rotatable bonds is 5. The van der Waals surface area contributed by atoms with E-state index in [0.717, 1.165) is 18.5 Å². The van der Waals surface area contributed by atoms with E-state index in [0.29, 0.717) is 11.8 Å². The molecule has 2 aromatic rings. The molecular formula is C13H17N3O. The van der Waals surface area contributed by atoms with E-state index in [9.17, 15) is 5.11 Å². The second-order valence-electron chi connectivity index (χ2n) is 4.04. The molecule has 0 saturated carbocycles. The van der Waals surface area contributed by atoms with E-state index in [4.69, 9.17) is 0 Å². The lowest BCUT2D eigenvalue weighted by molar-refractivity contribution is 0.473. The summed E-state index contributed by atoms with van der Waals surface area (Å²) in [4.78, 5) is 0. The maximum absolute atomic E-state index is 9.26. The van der Waals surface area contributed by atoms with Gasteiger partial charge in [0, 0.05) is 24.3 Å². The number of H-pyrrole nitrogens is 1. The van der Waals surface area contributed by atoms with Gasteiger partial charge in [-0.3, -0.25) is 5.10 Å². The molecule has 3 N–H and O–H groups in total. The lowest BCUT2D eigenvalue weighted by atomic mass is 10.0. The summed E-state index contributed by atoms with van der Waals surface area (Å²) in [5.74, 6) is 0.304. The molecular weight excluding hydrogens is 214 g/mol. The monoisotopic (exact) mass is 231 g/mol. The molecule has 0 saturated heterocycles. The summed E-state index contributed by atoms with van der Waals surface area (Å²) in [6.45, 7) is 2.93. The topological polar surface area (TPSA) is 60.9 Å². The van der Waals surface area contributed by atoms with Gasteiger partial charge in [0.2, 0.25) is 0 Å². The SMILES string of the molecule is CCC(NCc1cn[nH]c1)c1ccc(O)cc1. The van der Waals surface area contributed by atoms with E-state index in [2.05, 4.69) is 22.4 Å². The first-order valence-corrected chi connectivity index (χ1v) is 5.79. The van der Waals surface area contributed by atoms with Gasteiger partial charge in [0.05, 0.1) is 6.20 Å². The van der Waals surface area contributed by atoms with Crippen LogP contribution in [0.2, 0.25) is 0 Å². The van der Waals surface area contributed by atoms with E-state index in [1.807, 2.05) is 24.5 Å². The summed E-state index contributed by atoms with van der Waals surface area (Å²) >= 11 is 0. The van der Waals surface area contributed by atoms with Gasteiger partial charge in [-0.1, -0.05) is 19.1 Å². The number of hydrogen-bond donors (Lipinski definition) is 3. The molecule has 4 nitrogen and oxygen atoms in total. The average Bonchev–Trinajstić information content (AvgIpc) is 2.85. The third kappa shape index (κ3) is 3.07. The number of benzene rings is 1. The molecule has 0 spiro atoms. The number of phenolic OH excluding ortho intramolecular Hbond substituents is 1. The first-order chi connectivity index (χ1) is 8.29. The van der Waals surface area contributed by atoms with Crippen molar-refractivity contribution in [3.8, 4) is 5.75 Å². The molecule has 0 bridgehead atoms. The van der Waals surface area contributed by atoms with Crippen molar-refractivity contribution >= 4 is 0 Å². The number of aromatic hydroxyl groups is 1. The Kier molecular flexibility index (Phi) is 3.77. The highest BCUT2D eigenvalue weighted by molar-refractivity contribution is 5.28. The van der Waals surface area contributed by atoms with Crippen molar-refractivity contribution < 1.29 is 5.11 Å². The molecule has 90 valence electrons. The molecule has 4 heteroatoms. The van der Waals surface area contributed by atoms with Gasteiger partial charge in [-0.25, -0.2) is 0 Å². The zero-order chi connectivity index (χ0) is 12.1. The van der Waals surface area contributed by atoms with Gasteiger partial charge in [0.1, 0.15) is 5.75 Å². The quantitative estimate of drug-likeness (QED) is 0.740. The first-order valence-electron chi connectivity index (χ1n) is 5.79. The van der Waals surface area contributed by atoms with Crippen LogP contribution in [0.4, 0.5) is 0 Å². The minimum absolute atomic E-state index is 0.297. The van der Waals surface area contributed by atoms with Gasteiger partial charge in [-0.15, -0.1) is 0 Å². The smallest absolute Gasteiger partial charge is 0.115 e. The fourth-order valence-corrected chi connectivity index (χ4v) is 1.82. The van der Waals surface area contributed by atoms with Crippen molar-refractivity contribution in [3.05, 3.63) is 47.8 Å². The summed E-state index contributed by atoms with van der Waals surface area (Å²) in [6, 6.07) is 7.64. The maximum atomic E-state index is 9.26. The molecule has 17 heavy (non-hydrogen) atoms. The van der Waals surface area contributed by atoms with Gasteiger partial charge in [0.25, 0.3) is 0 Å². The molecule has 2 rings (SSSR count). The fourth-order valence-electron chi connectivity index (χ4n) is 1.82. The van der Waals surface area contributed by atoms with Crippen LogP contribution in [0.3, 0.4) is 0 Å². The highest BCUT2D eigenvalue weighted by Gasteiger charge is 2.08. The summed E-state index contributed by atoms with van der Waals surface area (Å²) < 4.78 is 0. The third-order valence-corrected chi connectivity index (χ3v) is 2.81. The Hall–Kier alpha value is -1.81. The minimum Gasteiger partial charge on any atom is -0.508 e. The van der Waals surface area contributed by atoms with Crippen LogP contribution in [-0.4, -0.2) is 15.3 Å². The van der Waals surface area contributed by atoms with E-state index >= 15 is 0 Å². The largest absolute Gasteiger partial charge is 0.508 e. The summed E-state index contributed by atoms with van der Waals surface area (Å²) in [7, 11) is 0. The van der Waals surface area contributed by atoms with Crippen LogP contribution < -0.4 is 5.32 Å². The van der Waals surface area contributed by atoms with Crippen molar-refractivity contribution in [2.24, 2.45) is 0 Å². The lowest BCUT2D eigenvalue weighted by Crippen LogP contribution is -2.19. The predicted molar refractivity (Wildman–Crippen MR) is 66.6 cm³/mol. The van der Waals surface area contributed by atoms with Gasteiger partial charge in [0.15, 0.2) is 0 Å². The minimum atomic E-state index is 0.297. The molecule has 1 heterocycles. The Labute approximate surface area is 101 Å². The molecule has 1 aromatic carbocycles. The number of nitrogens with zero attached hydrogens (tertiary/aromatic N) is 1. The zero-order valence-corrected chi connectivity index (χ0v) is 9.85. The number of aromatic amines is 1. The standard InChI is InChI=1S/C13H17N3O/c1-2-13(11-3-5-12(17)6-4-11)14-7-10-8-15-16-9-10/h3-6,8-9,13-14,17H,2,7H2,1H3,(H,15,16). The van der Waals surface area contributed by atoms with Crippen LogP contribution in [0.5, 0.6) is 5.75 Å². The number of hydrogen-bond acceptors (Lipinski definition) is 3. The van der Waals surface area contributed by atoms with Crippen LogP contribution in [-0.2, 0) is 6.54 Å². The summed E-state index contributed by atoms with van der Waals surface area (Å²) in [5.41, 5.74) is 2.33. The van der Waals surface area contributed by atoms with Crippen molar-refractivity contribution in [2.45, 2.75) is 25.9 Å². The highest BCUT2D eigenvalue weighted by Crippen LogP contribution is 2.19. The Morgan fingerprint density at radius 1 is 1.35 bits per heavy atom. The number of nitrogens with one attached hydrogen (secondary N) is 2. The van der Waals surface area contributed by atoms with E-state index < -0.39 is 0 Å². The van der Waals surface area contributed by atoms with Gasteiger partial charge >= 0.3 is 0 Å². The first kappa shape index (κ1) is 11.7. The molecule has 1 atom stereocenters. The Morgan fingerprint density at radius 3 is 2.71 bits per heavy atom. The summed E-state index contributed by atoms with van der Waals surface area (Å²) in [5, 5.41) is 19.4. The van der Waals surface area contributed by atoms with Crippen LogP contribution in [0, 0.1) is 0 Å². The Morgan fingerprint density at radius 2 is 2.12 bits per heavy atom. The van der Waals surface area contributed by atoms with Crippen molar-refractivity contribution in [1.29, 1.82) is 0 Å². The van der Waals surface area contributed by atoms with Crippen molar-refractivity contribution in [2.75, 3.05) is 0 Å². The Bertz CT molecular complexity index is 436. The summed E-state index contributed by atoms with van der Waals surface area (Å²) in [6.07, 6.45) is 4.70. The van der Waals surface area contributed by atoms with Gasteiger partial charge in [-0.2, -0.15) is 5.10 Å². The zero-order valence-electron chi connectivity index (χ0n) is 9.85. The molecule has 0 radical (unpaired) electrons. The number of aromatic nitrogens is 2.